The number of methoxy groups -OCH3 is 1. The van der Waals surface area contributed by atoms with E-state index in [-0.39, 0.29) is 11.5 Å². The molecule has 2 heterocycles. The first-order valence-electron chi connectivity index (χ1n) is 10.8. The standard InChI is InChI=1S/C25H27N3O3/c1-17(29)16-28-13-11-25(12-14-28)15-21(20-5-3-4-6-22(20)25)24-26-23(27-31-24)18-7-9-19(30-2)10-8-18/h3-10,15,17,29H,11-14,16H2,1-2H3. The fraction of sp³-hybridized carbons (Fsp3) is 0.360. The van der Waals surface area contributed by atoms with E-state index < -0.39 is 0 Å². The molecule has 1 fully saturated rings. The number of aliphatic hydroxyl groups is 1. The first-order chi connectivity index (χ1) is 15.1. The number of β-amino-alcohol motifs (C(OH)–C–C–N with tert-alkyl or cyclic N) is 1. The van der Waals surface area contributed by atoms with E-state index in [2.05, 4.69) is 40.4 Å². The molecule has 0 bridgehead atoms. The van der Waals surface area contributed by atoms with E-state index in [9.17, 15) is 5.11 Å². The van der Waals surface area contributed by atoms with Crippen molar-refractivity contribution in [1.82, 2.24) is 15.0 Å². The number of aromatic nitrogens is 2. The molecule has 0 radical (unpaired) electrons. The van der Waals surface area contributed by atoms with E-state index in [4.69, 9.17) is 14.2 Å². The fourth-order valence-corrected chi connectivity index (χ4v) is 4.87. The zero-order chi connectivity index (χ0) is 21.4. The summed E-state index contributed by atoms with van der Waals surface area (Å²) < 4.78 is 11.0. The Kier molecular flexibility index (Phi) is 5.12. The maximum absolute atomic E-state index is 9.75. The lowest BCUT2D eigenvalue weighted by Crippen LogP contribution is -2.43. The minimum absolute atomic E-state index is 0.0180. The molecule has 1 saturated heterocycles. The number of rotatable bonds is 5. The molecule has 5 rings (SSSR count). The molecule has 2 aromatic carbocycles. The lowest BCUT2D eigenvalue weighted by molar-refractivity contribution is 0.0999. The minimum atomic E-state index is -0.300. The number of hydrogen-bond acceptors (Lipinski definition) is 6. The molecule has 2 aliphatic rings. The van der Waals surface area contributed by atoms with E-state index in [1.807, 2.05) is 31.2 Å². The van der Waals surface area contributed by atoms with E-state index in [0.29, 0.717) is 11.7 Å². The van der Waals surface area contributed by atoms with Gasteiger partial charge in [0, 0.05) is 23.1 Å². The van der Waals surface area contributed by atoms with Crippen LogP contribution in [-0.4, -0.2) is 53.0 Å². The van der Waals surface area contributed by atoms with E-state index in [1.165, 1.54) is 11.1 Å². The Balaban J connectivity index is 1.46. The summed E-state index contributed by atoms with van der Waals surface area (Å²) in [5.74, 6) is 1.93. The number of benzene rings is 2. The van der Waals surface area contributed by atoms with Crippen molar-refractivity contribution in [2.75, 3.05) is 26.7 Å². The summed E-state index contributed by atoms with van der Waals surface area (Å²) >= 11 is 0. The monoisotopic (exact) mass is 417 g/mol. The van der Waals surface area contributed by atoms with E-state index in [0.717, 1.165) is 49.4 Å². The summed E-state index contributed by atoms with van der Waals surface area (Å²) in [7, 11) is 1.65. The second-order valence-electron chi connectivity index (χ2n) is 8.56. The van der Waals surface area contributed by atoms with Crippen LogP contribution in [0.25, 0.3) is 17.0 Å². The Morgan fingerprint density at radius 3 is 2.58 bits per heavy atom. The topological polar surface area (TPSA) is 71.6 Å². The lowest BCUT2D eigenvalue weighted by atomic mass is 9.74. The molecule has 1 N–H and O–H groups in total. The molecule has 31 heavy (non-hydrogen) atoms. The molecule has 1 aromatic heterocycles. The van der Waals surface area contributed by atoms with Crippen LogP contribution in [0.3, 0.4) is 0 Å². The SMILES string of the molecule is COc1ccc(-c2noc(C3=CC4(CCN(CC(C)O)CC4)c4ccccc43)n2)cc1. The largest absolute Gasteiger partial charge is 0.497 e. The van der Waals surface area contributed by atoms with Crippen LogP contribution in [0.1, 0.15) is 36.8 Å². The Morgan fingerprint density at radius 1 is 1.13 bits per heavy atom. The first-order valence-corrected chi connectivity index (χ1v) is 10.8. The predicted molar refractivity (Wildman–Crippen MR) is 119 cm³/mol. The maximum atomic E-state index is 9.75. The molecule has 1 aliphatic heterocycles. The van der Waals surface area contributed by atoms with Crippen LogP contribution in [0, 0.1) is 0 Å². The highest BCUT2D eigenvalue weighted by Crippen LogP contribution is 2.48. The molecule has 6 heteroatoms. The van der Waals surface area contributed by atoms with Crippen molar-refractivity contribution in [3.8, 4) is 17.1 Å². The molecule has 0 saturated carbocycles. The Hall–Kier alpha value is -2.96. The third-order valence-corrected chi connectivity index (χ3v) is 6.45. The predicted octanol–water partition coefficient (Wildman–Crippen LogP) is 3.90. The Morgan fingerprint density at radius 2 is 1.87 bits per heavy atom. The number of nitrogens with zero attached hydrogens (tertiary/aromatic N) is 3. The third-order valence-electron chi connectivity index (χ3n) is 6.45. The Labute approximate surface area is 182 Å². The van der Waals surface area contributed by atoms with Crippen LogP contribution in [0.5, 0.6) is 5.75 Å². The zero-order valence-corrected chi connectivity index (χ0v) is 17.9. The molecule has 1 unspecified atom stereocenters. The summed E-state index contributed by atoms with van der Waals surface area (Å²) in [6, 6.07) is 16.2. The highest BCUT2D eigenvalue weighted by molar-refractivity contribution is 5.84. The fourth-order valence-electron chi connectivity index (χ4n) is 4.87. The lowest BCUT2D eigenvalue weighted by Gasteiger charge is -2.39. The highest BCUT2D eigenvalue weighted by atomic mass is 16.5. The summed E-state index contributed by atoms with van der Waals surface area (Å²) in [5.41, 5.74) is 4.41. The number of fused-ring (bicyclic) bond motifs is 2. The molecule has 1 atom stereocenters. The van der Waals surface area contributed by atoms with Gasteiger partial charge in [-0.25, -0.2) is 0 Å². The number of allylic oxidation sites excluding steroid dienone is 1. The second kappa shape index (κ2) is 7.94. The van der Waals surface area contributed by atoms with E-state index >= 15 is 0 Å². The molecular weight excluding hydrogens is 390 g/mol. The first kappa shape index (κ1) is 20.0. The smallest absolute Gasteiger partial charge is 0.258 e. The molecular formula is C25H27N3O3. The summed E-state index contributed by atoms with van der Waals surface area (Å²) in [6.07, 6.45) is 4.06. The number of likely N-dealkylation sites (tertiary alicyclic amines) is 1. The molecule has 1 aliphatic carbocycles. The number of hydrogen-bond donors (Lipinski definition) is 1. The van der Waals surface area contributed by atoms with E-state index in [1.54, 1.807) is 7.11 Å². The van der Waals surface area contributed by atoms with Gasteiger partial charge in [0.2, 0.25) is 5.82 Å². The van der Waals surface area contributed by atoms with Gasteiger partial charge in [-0.05, 0) is 68.2 Å². The van der Waals surface area contributed by atoms with Gasteiger partial charge in [-0.1, -0.05) is 35.5 Å². The summed E-state index contributed by atoms with van der Waals surface area (Å²) in [5, 5.41) is 14.0. The quantitative estimate of drug-likeness (QED) is 0.679. The molecule has 3 aromatic rings. The highest BCUT2D eigenvalue weighted by Gasteiger charge is 2.42. The molecule has 0 amide bonds. The van der Waals surface area contributed by atoms with Crippen LogP contribution in [0.4, 0.5) is 0 Å². The Bertz CT molecular complexity index is 1090. The van der Waals surface area contributed by atoms with Crippen molar-refractivity contribution in [1.29, 1.82) is 0 Å². The van der Waals surface area contributed by atoms with Gasteiger partial charge < -0.3 is 19.3 Å². The van der Waals surface area contributed by atoms with Crippen molar-refractivity contribution in [2.24, 2.45) is 0 Å². The van der Waals surface area contributed by atoms with Gasteiger partial charge >= 0.3 is 0 Å². The van der Waals surface area contributed by atoms with Crippen LogP contribution < -0.4 is 4.74 Å². The van der Waals surface area contributed by atoms with Crippen molar-refractivity contribution < 1.29 is 14.4 Å². The van der Waals surface area contributed by atoms with Gasteiger partial charge in [0.05, 0.1) is 13.2 Å². The normalized spacial score (nSPS) is 18.6. The zero-order valence-electron chi connectivity index (χ0n) is 17.9. The number of piperidine rings is 1. The average molecular weight is 418 g/mol. The van der Waals surface area contributed by atoms with Gasteiger partial charge in [0.1, 0.15) is 5.75 Å². The van der Waals surface area contributed by atoms with Crippen molar-refractivity contribution in [3.05, 3.63) is 71.6 Å². The van der Waals surface area contributed by atoms with Crippen LogP contribution >= 0.6 is 0 Å². The van der Waals surface area contributed by atoms with Crippen molar-refractivity contribution in [2.45, 2.75) is 31.3 Å². The molecule has 160 valence electrons. The van der Waals surface area contributed by atoms with Crippen molar-refractivity contribution >= 4 is 5.57 Å². The average Bonchev–Trinajstić information content (AvgIpc) is 3.39. The molecule has 6 nitrogen and oxygen atoms in total. The van der Waals surface area contributed by atoms with Gasteiger partial charge in [-0.15, -0.1) is 0 Å². The summed E-state index contributed by atoms with van der Waals surface area (Å²) in [6.45, 7) is 4.50. The van der Waals surface area contributed by atoms with Crippen LogP contribution in [0.15, 0.2) is 59.1 Å². The van der Waals surface area contributed by atoms with Crippen LogP contribution in [-0.2, 0) is 5.41 Å². The van der Waals surface area contributed by atoms with Gasteiger partial charge in [-0.2, -0.15) is 4.98 Å². The summed E-state index contributed by atoms with van der Waals surface area (Å²) in [4.78, 5) is 7.06. The van der Waals surface area contributed by atoms with Gasteiger partial charge in [0.15, 0.2) is 0 Å². The van der Waals surface area contributed by atoms with Crippen LogP contribution in [0.2, 0.25) is 0 Å². The number of aliphatic hydroxyl groups excluding tert-OH is 1. The maximum Gasteiger partial charge on any atom is 0.258 e. The van der Waals surface area contributed by atoms with Crippen molar-refractivity contribution in [3.63, 3.8) is 0 Å². The number of ether oxygens (including phenoxy) is 1. The second-order valence-corrected chi connectivity index (χ2v) is 8.56. The van der Waals surface area contributed by atoms with Gasteiger partial charge in [-0.3, -0.25) is 0 Å². The minimum Gasteiger partial charge on any atom is -0.497 e. The third kappa shape index (κ3) is 3.66. The van der Waals surface area contributed by atoms with Gasteiger partial charge in [0.25, 0.3) is 5.89 Å². The molecule has 1 spiro atoms.